The molecule has 1 aliphatic carbocycles. The second kappa shape index (κ2) is 6.52. The van der Waals surface area contributed by atoms with Gasteiger partial charge in [-0.2, -0.15) is 0 Å². The van der Waals surface area contributed by atoms with Crippen LogP contribution in [-0.4, -0.2) is 0 Å². The summed E-state index contributed by atoms with van der Waals surface area (Å²) in [6.07, 6.45) is 8.00. The summed E-state index contributed by atoms with van der Waals surface area (Å²) in [4.78, 5) is 0. The third-order valence-electron chi connectivity index (χ3n) is 5.52. The molecular formula is C25H25. The maximum absolute atomic E-state index is 2.36. The summed E-state index contributed by atoms with van der Waals surface area (Å²) in [5, 5.41) is 2.84. The van der Waals surface area contributed by atoms with Crippen LogP contribution in [0.3, 0.4) is 0 Å². The van der Waals surface area contributed by atoms with Crippen molar-refractivity contribution in [2.24, 2.45) is 0 Å². The molecule has 0 saturated heterocycles. The van der Waals surface area contributed by atoms with E-state index in [1.807, 2.05) is 0 Å². The van der Waals surface area contributed by atoms with E-state index in [4.69, 9.17) is 0 Å². The van der Waals surface area contributed by atoms with Crippen LogP contribution in [0.4, 0.5) is 0 Å². The average Bonchev–Trinajstić information content (AvgIpc) is 3.09. The van der Waals surface area contributed by atoms with Gasteiger partial charge in [0.25, 0.3) is 0 Å². The molecule has 3 aromatic carbocycles. The summed E-state index contributed by atoms with van der Waals surface area (Å²) in [5.41, 5.74) is 10.1. The van der Waals surface area contributed by atoms with Crippen LogP contribution < -0.4 is 0 Å². The number of allylic oxidation sites excluding steroid dienone is 1. The molecule has 3 aromatic rings. The number of benzene rings is 3. The first-order valence-electron chi connectivity index (χ1n) is 9.49. The SMILES string of the molecule is CCc1c(CC)c(C2=Cc3ccccc3[CH]2)c2ccccc2c1CC. The second-order valence-corrected chi connectivity index (χ2v) is 6.79. The van der Waals surface area contributed by atoms with Gasteiger partial charge >= 0.3 is 0 Å². The summed E-state index contributed by atoms with van der Waals surface area (Å²) < 4.78 is 0. The van der Waals surface area contributed by atoms with E-state index in [0.29, 0.717) is 0 Å². The molecule has 4 rings (SSSR count). The molecule has 0 spiro atoms. The Morgan fingerprint density at radius 3 is 1.84 bits per heavy atom. The van der Waals surface area contributed by atoms with E-state index in [0.717, 1.165) is 19.3 Å². The summed E-state index contributed by atoms with van der Waals surface area (Å²) in [6.45, 7) is 6.89. The molecule has 0 amide bonds. The van der Waals surface area contributed by atoms with Gasteiger partial charge in [-0.3, -0.25) is 0 Å². The van der Waals surface area contributed by atoms with Gasteiger partial charge in [-0.15, -0.1) is 0 Å². The normalized spacial score (nSPS) is 13.2. The molecule has 0 aliphatic heterocycles. The Bertz CT molecular complexity index is 973. The van der Waals surface area contributed by atoms with E-state index in [-0.39, 0.29) is 0 Å². The van der Waals surface area contributed by atoms with Crippen molar-refractivity contribution in [3.63, 3.8) is 0 Å². The van der Waals surface area contributed by atoms with Crippen LogP contribution in [-0.2, 0) is 19.3 Å². The molecule has 0 unspecified atom stereocenters. The minimum Gasteiger partial charge on any atom is -0.0619 e. The van der Waals surface area contributed by atoms with Crippen molar-refractivity contribution in [1.82, 2.24) is 0 Å². The van der Waals surface area contributed by atoms with Crippen LogP contribution in [0.25, 0.3) is 22.4 Å². The molecule has 0 heteroatoms. The van der Waals surface area contributed by atoms with Crippen molar-refractivity contribution in [2.75, 3.05) is 0 Å². The van der Waals surface area contributed by atoms with Crippen molar-refractivity contribution >= 4 is 22.4 Å². The molecule has 0 N–H and O–H groups in total. The fourth-order valence-corrected chi connectivity index (χ4v) is 4.47. The summed E-state index contributed by atoms with van der Waals surface area (Å²) >= 11 is 0. The smallest absolute Gasteiger partial charge is 0.0212 e. The molecule has 0 fully saturated rings. The van der Waals surface area contributed by atoms with Crippen molar-refractivity contribution in [2.45, 2.75) is 40.0 Å². The average molecular weight is 325 g/mol. The Hall–Kier alpha value is -2.34. The Labute approximate surface area is 151 Å². The molecule has 1 radical (unpaired) electrons. The standard InChI is InChI=1S/C25H25/c1-4-20-21(5-2)23-13-9-10-14-24(23)25(22(20)6-3)19-15-17-11-7-8-12-18(17)16-19/h7-16H,4-6H2,1-3H3. The van der Waals surface area contributed by atoms with Gasteiger partial charge in [0.2, 0.25) is 0 Å². The minimum atomic E-state index is 1.08. The molecule has 1 aliphatic rings. The Morgan fingerprint density at radius 2 is 1.20 bits per heavy atom. The van der Waals surface area contributed by atoms with Gasteiger partial charge in [-0.1, -0.05) is 75.4 Å². The molecule has 0 aromatic heterocycles. The predicted molar refractivity (Wildman–Crippen MR) is 110 cm³/mol. The molecule has 0 saturated carbocycles. The lowest BCUT2D eigenvalue weighted by atomic mass is 9.82. The number of fused-ring (bicyclic) bond motifs is 2. The number of rotatable bonds is 4. The first-order valence-corrected chi connectivity index (χ1v) is 9.49. The maximum atomic E-state index is 2.36. The van der Waals surface area contributed by atoms with Crippen LogP contribution in [0.5, 0.6) is 0 Å². The number of hydrogen-bond donors (Lipinski definition) is 0. The largest absolute Gasteiger partial charge is 0.0619 e. The summed E-state index contributed by atoms with van der Waals surface area (Å²) in [6, 6.07) is 17.7. The molecule has 0 bridgehead atoms. The topological polar surface area (TPSA) is 0 Å². The maximum Gasteiger partial charge on any atom is 0.0212 e. The molecule has 0 nitrogen and oxygen atoms in total. The molecular weight excluding hydrogens is 300 g/mol. The van der Waals surface area contributed by atoms with Crippen molar-refractivity contribution in [3.8, 4) is 0 Å². The van der Waals surface area contributed by atoms with Gasteiger partial charge in [0.1, 0.15) is 0 Å². The Morgan fingerprint density at radius 1 is 0.600 bits per heavy atom. The lowest BCUT2D eigenvalue weighted by molar-refractivity contribution is 0.989. The zero-order valence-electron chi connectivity index (χ0n) is 15.4. The van der Waals surface area contributed by atoms with Gasteiger partial charge < -0.3 is 0 Å². The molecule has 0 atom stereocenters. The second-order valence-electron chi connectivity index (χ2n) is 6.79. The predicted octanol–water partition coefficient (Wildman–Crippen LogP) is 6.63. The first-order chi connectivity index (χ1) is 12.3. The third kappa shape index (κ3) is 2.52. The molecule has 0 heterocycles. The van der Waals surface area contributed by atoms with Gasteiger partial charge in [0.05, 0.1) is 0 Å². The van der Waals surface area contributed by atoms with E-state index in [1.54, 1.807) is 5.56 Å². The highest BCUT2D eigenvalue weighted by atomic mass is 14.3. The third-order valence-corrected chi connectivity index (χ3v) is 5.52. The minimum absolute atomic E-state index is 1.08. The Balaban J connectivity index is 2.04. The monoisotopic (exact) mass is 325 g/mol. The zero-order chi connectivity index (χ0) is 17.4. The molecule has 25 heavy (non-hydrogen) atoms. The lowest BCUT2D eigenvalue weighted by Gasteiger charge is -2.21. The van der Waals surface area contributed by atoms with Gasteiger partial charge in [-0.05, 0) is 69.0 Å². The quantitative estimate of drug-likeness (QED) is 0.505. The number of hydrogen-bond acceptors (Lipinski definition) is 0. The van der Waals surface area contributed by atoms with Gasteiger partial charge in [0.15, 0.2) is 0 Å². The summed E-state index contributed by atoms with van der Waals surface area (Å²) in [7, 11) is 0. The van der Waals surface area contributed by atoms with E-state index in [1.165, 1.54) is 44.2 Å². The van der Waals surface area contributed by atoms with Gasteiger partial charge in [0, 0.05) is 6.42 Å². The van der Waals surface area contributed by atoms with Crippen molar-refractivity contribution < 1.29 is 0 Å². The fraction of sp³-hybridized carbons (Fsp3) is 0.240. The van der Waals surface area contributed by atoms with Crippen LogP contribution >= 0.6 is 0 Å². The van der Waals surface area contributed by atoms with E-state index < -0.39 is 0 Å². The highest BCUT2D eigenvalue weighted by Crippen LogP contribution is 2.41. The van der Waals surface area contributed by atoms with Crippen molar-refractivity contribution in [1.29, 1.82) is 0 Å². The van der Waals surface area contributed by atoms with Gasteiger partial charge in [-0.25, -0.2) is 0 Å². The van der Waals surface area contributed by atoms with Crippen LogP contribution in [0.1, 0.15) is 54.2 Å². The lowest BCUT2D eigenvalue weighted by Crippen LogP contribution is -2.05. The van der Waals surface area contributed by atoms with E-state index in [9.17, 15) is 0 Å². The van der Waals surface area contributed by atoms with Crippen LogP contribution in [0, 0.1) is 6.42 Å². The fourth-order valence-electron chi connectivity index (χ4n) is 4.47. The highest BCUT2D eigenvalue weighted by Gasteiger charge is 2.22. The first kappa shape index (κ1) is 16.1. The zero-order valence-corrected chi connectivity index (χ0v) is 15.4. The van der Waals surface area contributed by atoms with Crippen LogP contribution in [0.2, 0.25) is 0 Å². The highest BCUT2D eigenvalue weighted by molar-refractivity contribution is 6.06. The summed E-state index contributed by atoms with van der Waals surface area (Å²) in [5.74, 6) is 0. The van der Waals surface area contributed by atoms with E-state index in [2.05, 4.69) is 81.8 Å². The molecule has 125 valence electrons. The number of aryl methyl sites for hydroxylation is 1. The Kier molecular flexibility index (Phi) is 4.21. The van der Waals surface area contributed by atoms with Crippen molar-refractivity contribution in [3.05, 3.63) is 88.3 Å². The van der Waals surface area contributed by atoms with Crippen LogP contribution in [0.15, 0.2) is 48.5 Å². The van der Waals surface area contributed by atoms with E-state index >= 15 is 0 Å².